The van der Waals surface area contributed by atoms with Crippen LogP contribution in [0.5, 0.6) is 0 Å². The first-order valence-electron chi connectivity index (χ1n) is 7.67. The minimum absolute atomic E-state index is 0.114. The maximum absolute atomic E-state index is 12.2. The molecule has 1 aliphatic carbocycles. The van der Waals surface area contributed by atoms with Gasteiger partial charge in [0.25, 0.3) is 0 Å². The standard InChI is InChI=1S/C15H27NO2/c16-14-9-3-1-2-8-13(14)15(17)10-4-6-12-7-5-11-18-12/h12-14H,1-11,16H2. The summed E-state index contributed by atoms with van der Waals surface area (Å²) in [5, 5.41) is 0. The van der Waals surface area contributed by atoms with Crippen LogP contribution in [0.4, 0.5) is 0 Å². The fraction of sp³-hybridized carbons (Fsp3) is 0.933. The Morgan fingerprint density at radius 2 is 1.94 bits per heavy atom. The predicted molar refractivity (Wildman–Crippen MR) is 72.4 cm³/mol. The molecule has 18 heavy (non-hydrogen) atoms. The van der Waals surface area contributed by atoms with Gasteiger partial charge in [0.1, 0.15) is 5.78 Å². The van der Waals surface area contributed by atoms with E-state index < -0.39 is 0 Å². The van der Waals surface area contributed by atoms with Crippen LogP contribution in [0.15, 0.2) is 0 Å². The Labute approximate surface area is 110 Å². The molecule has 3 atom stereocenters. The van der Waals surface area contributed by atoms with Gasteiger partial charge in [-0.3, -0.25) is 4.79 Å². The van der Waals surface area contributed by atoms with Gasteiger partial charge in [0.05, 0.1) is 6.10 Å². The van der Waals surface area contributed by atoms with E-state index in [2.05, 4.69) is 0 Å². The molecular formula is C15H27NO2. The van der Waals surface area contributed by atoms with Crippen LogP contribution in [0, 0.1) is 5.92 Å². The lowest BCUT2D eigenvalue weighted by atomic mass is 9.88. The van der Waals surface area contributed by atoms with Crippen molar-refractivity contribution in [2.45, 2.75) is 76.4 Å². The molecule has 2 fully saturated rings. The number of ether oxygens (including phenoxy) is 1. The lowest BCUT2D eigenvalue weighted by molar-refractivity contribution is -0.123. The second kappa shape index (κ2) is 7.25. The summed E-state index contributed by atoms with van der Waals surface area (Å²) in [6, 6.07) is 0.114. The first-order valence-corrected chi connectivity index (χ1v) is 7.67. The summed E-state index contributed by atoms with van der Waals surface area (Å²) < 4.78 is 5.59. The van der Waals surface area contributed by atoms with E-state index >= 15 is 0 Å². The fourth-order valence-corrected chi connectivity index (χ4v) is 3.30. The summed E-state index contributed by atoms with van der Waals surface area (Å²) in [5.74, 6) is 0.541. The number of hydrogen-bond donors (Lipinski definition) is 1. The van der Waals surface area contributed by atoms with E-state index in [1.807, 2.05) is 0 Å². The van der Waals surface area contributed by atoms with Crippen LogP contribution in [0.1, 0.15) is 64.2 Å². The van der Waals surface area contributed by atoms with Crippen LogP contribution in [-0.4, -0.2) is 24.5 Å². The number of carbonyl (C=O) groups is 1. The van der Waals surface area contributed by atoms with Crippen molar-refractivity contribution in [2.24, 2.45) is 11.7 Å². The second-order valence-corrected chi connectivity index (χ2v) is 5.90. The lowest BCUT2D eigenvalue weighted by Gasteiger charge is -2.20. The zero-order valence-electron chi connectivity index (χ0n) is 11.4. The smallest absolute Gasteiger partial charge is 0.137 e. The van der Waals surface area contributed by atoms with E-state index in [0.717, 1.165) is 32.3 Å². The Balaban J connectivity index is 1.69. The quantitative estimate of drug-likeness (QED) is 0.766. The van der Waals surface area contributed by atoms with E-state index in [0.29, 0.717) is 18.3 Å². The third-order valence-electron chi connectivity index (χ3n) is 4.46. The molecule has 0 bridgehead atoms. The van der Waals surface area contributed by atoms with Crippen molar-refractivity contribution in [1.82, 2.24) is 0 Å². The number of ketones is 1. The summed E-state index contributed by atoms with van der Waals surface area (Å²) in [6.45, 7) is 0.909. The van der Waals surface area contributed by atoms with E-state index in [4.69, 9.17) is 10.5 Å². The molecule has 2 rings (SSSR count). The molecule has 1 aliphatic heterocycles. The Hall–Kier alpha value is -0.410. The molecule has 0 aromatic rings. The third kappa shape index (κ3) is 4.06. The summed E-state index contributed by atoms with van der Waals surface area (Å²) in [4.78, 5) is 12.2. The van der Waals surface area contributed by atoms with E-state index in [-0.39, 0.29) is 12.0 Å². The Morgan fingerprint density at radius 3 is 2.72 bits per heavy atom. The minimum atomic E-state index is 0.114. The molecule has 3 nitrogen and oxygen atoms in total. The highest BCUT2D eigenvalue weighted by molar-refractivity contribution is 5.81. The van der Waals surface area contributed by atoms with Gasteiger partial charge in [-0.2, -0.15) is 0 Å². The molecule has 0 aromatic carbocycles. The Morgan fingerprint density at radius 1 is 1.11 bits per heavy atom. The van der Waals surface area contributed by atoms with Crippen LogP contribution in [0.25, 0.3) is 0 Å². The average Bonchev–Trinajstić information content (AvgIpc) is 2.77. The van der Waals surface area contributed by atoms with Gasteiger partial charge in [-0.25, -0.2) is 0 Å². The van der Waals surface area contributed by atoms with Gasteiger partial charge in [-0.1, -0.05) is 19.3 Å². The van der Waals surface area contributed by atoms with Gasteiger partial charge in [0, 0.05) is 25.0 Å². The second-order valence-electron chi connectivity index (χ2n) is 5.90. The lowest BCUT2D eigenvalue weighted by Crippen LogP contribution is -2.34. The van der Waals surface area contributed by atoms with Crippen LogP contribution in [0.3, 0.4) is 0 Å². The van der Waals surface area contributed by atoms with Gasteiger partial charge in [0.2, 0.25) is 0 Å². The zero-order valence-corrected chi connectivity index (χ0v) is 11.4. The van der Waals surface area contributed by atoms with Crippen molar-refractivity contribution in [1.29, 1.82) is 0 Å². The van der Waals surface area contributed by atoms with E-state index in [1.165, 1.54) is 32.1 Å². The predicted octanol–water partition coefficient (Wildman–Crippen LogP) is 2.81. The van der Waals surface area contributed by atoms with Gasteiger partial charge >= 0.3 is 0 Å². The minimum Gasteiger partial charge on any atom is -0.378 e. The van der Waals surface area contributed by atoms with Crippen molar-refractivity contribution in [3.8, 4) is 0 Å². The van der Waals surface area contributed by atoms with Crippen LogP contribution >= 0.6 is 0 Å². The highest BCUT2D eigenvalue weighted by atomic mass is 16.5. The van der Waals surface area contributed by atoms with Crippen molar-refractivity contribution < 1.29 is 9.53 Å². The molecule has 0 aromatic heterocycles. The molecule has 2 N–H and O–H groups in total. The molecule has 2 aliphatic rings. The van der Waals surface area contributed by atoms with Crippen molar-refractivity contribution in [3.05, 3.63) is 0 Å². The Bertz CT molecular complexity index is 261. The number of hydrogen-bond acceptors (Lipinski definition) is 3. The fourth-order valence-electron chi connectivity index (χ4n) is 3.30. The van der Waals surface area contributed by atoms with Gasteiger partial charge < -0.3 is 10.5 Å². The zero-order chi connectivity index (χ0) is 12.8. The number of carbonyl (C=O) groups excluding carboxylic acids is 1. The summed E-state index contributed by atoms with van der Waals surface area (Å²) in [6.07, 6.45) is 11.2. The highest BCUT2D eigenvalue weighted by Crippen LogP contribution is 2.25. The molecule has 1 saturated carbocycles. The number of Topliss-reactive ketones (excluding diaryl/α,β-unsaturated/α-hetero) is 1. The van der Waals surface area contributed by atoms with Crippen molar-refractivity contribution >= 4 is 5.78 Å². The average molecular weight is 253 g/mol. The maximum atomic E-state index is 12.2. The first-order chi connectivity index (χ1) is 8.77. The molecule has 0 spiro atoms. The van der Waals surface area contributed by atoms with Crippen molar-refractivity contribution in [2.75, 3.05) is 6.61 Å². The molecule has 104 valence electrons. The summed E-state index contributed by atoms with van der Waals surface area (Å²) in [7, 11) is 0. The van der Waals surface area contributed by atoms with Crippen LogP contribution in [0.2, 0.25) is 0 Å². The molecule has 0 radical (unpaired) electrons. The molecule has 1 heterocycles. The summed E-state index contributed by atoms with van der Waals surface area (Å²) >= 11 is 0. The van der Waals surface area contributed by atoms with Crippen LogP contribution in [-0.2, 0) is 9.53 Å². The topological polar surface area (TPSA) is 52.3 Å². The van der Waals surface area contributed by atoms with E-state index in [1.54, 1.807) is 0 Å². The normalized spacial score (nSPS) is 33.3. The van der Waals surface area contributed by atoms with Gasteiger partial charge in [-0.15, -0.1) is 0 Å². The summed E-state index contributed by atoms with van der Waals surface area (Å²) in [5.41, 5.74) is 6.13. The molecule has 3 heteroatoms. The van der Waals surface area contributed by atoms with Crippen LogP contribution < -0.4 is 5.73 Å². The largest absolute Gasteiger partial charge is 0.378 e. The van der Waals surface area contributed by atoms with E-state index in [9.17, 15) is 4.79 Å². The van der Waals surface area contributed by atoms with Crippen molar-refractivity contribution in [3.63, 3.8) is 0 Å². The van der Waals surface area contributed by atoms with Gasteiger partial charge in [-0.05, 0) is 38.5 Å². The Kier molecular flexibility index (Phi) is 5.64. The van der Waals surface area contributed by atoms with Gasteiger partial charge in [0.15, 0.2) is 0 Å². The SMILES string of the molecule is NC1CCCCCC1C(=O)CCCC1CCCO1. The maximum Gasteiger partial charge on any atom is 0.137 e. The molecule has 0 amide bonds. The number of rotatable bonds is 5. The molecule has 3 unspecified atom stereocenters. The number of nitrogens with two attached hydrogens (primary N) is 1. The third-order valence-corrected chi connectivity index (χ3v) is 4.46. The molecule has 1 saturated heterocycles. The first kappa shape index (κ1) is 14.0. The molecular weight excluding hydrogens is 226 g/mol. The monoisotopic (exact) mass is 253 g/mol. The highest BCUT2D eigenvalue weighted by Gasteiger charge is 2.26.